The Morgan fingerprint density at radius 2 is 1.79 bits per heavy atom. The van der Waals surface area contributed by atoms with Crippen molar-refractivity contribution < 1.29 is 9.59 Å². The summed E-state index contributed by atoms with van der Waals surface area (Å²) in [7, 11) is 0. The van der Waals surface area contributed by atoms with Crippen LogP contribution >= 0.6 is 11.8 Å². The zero-order chi connectivity index (χ0) is 17.5. The second-order valence-electron chi connectivity index (χ2n) is 8.76. The Labute approximate surface area is 149 Å². The van der Waals surface area contributed by atoms with E-state index in [4.69, 9.17) is 5.73 Å². The zero-order valence-corrected chi connectivity index (χ0v) is 15.9. The fourth-order valence-corrected chi connectivity index (χ4v) is 5.73. The number of amides is 2. The lowest BCUT2D eigenvalue weighted by molar-refractivity contribution is -0.144. The van der Waals surface area contributed by atoms with Gasteiger partial charge in [0.05, 0.1) is 5.88 Å². The summed E-state index contributed by atoms with van der Waals surface area (Å²) >= 11 is 1.67. The molecule has 0 radical (unpaired) electrons. The Morgan fingerprint density at radius 3 is 2.38 bits per heavy atom. The van der Waals surface area contributed by atoms with E-state index in [1.54, 1.807) is 16.7 Å². The lowest BCUT2D eigenvalue weighted by Crippen LogP contribution is -2.58. The van der Waals surface area contributed by atoms with Crippen LogP contribution in [0.2, 0.25) is 0 Å². The monoisotopic (exact) mass is 353 g/mol. The summed E-state index contributed by atoms with van der Waals surface area (Å²) in [6, 6.07) is 0.218. The highest BCUT2D eigenvalue weighted by atomic mass is 32.2. The molecule has 2 amide bonds. The van der Waals surface area contributed by atoms with Crippen LogP contribution in [-0.4, -0.2) is 46.5 Å². The van der Waals surface area contributed by atoms with Crippen LogP contribution in [0, 0.1) is 17.3 Å². The fourth-order valence-electron chi connectivity index (χ4n) is 4.58. The van der Waals surface area contributed by atoms with E-state index in [0.717, 1.165) is 12.8 Å². The largest absolute Gasteiger partial charge is 0.351 e. The molecule has 2 bridgehead atoms. The molecular weight excluding hydrogens is 322 g/mol. The first-order valence-corrected chi connectivity index (χ1v) is 10.4. The summed E-state index contributed by atoms with van der Waals surface area (Å²) < 4.78 is 0. The summed E-state index contributed by atoms with van der Waals surface area (Å²) in [5.74, 6) is 2.45. The number of nitrogens with one attached hydrogen (secondary N) is 1. The van der Waals surface area contributed by atoms with Crippen molar-refractivity contribution in [3.63, 3.8) is 0 Å². The van der Waals surface area contributed by atoms with Crippen LogP contribution in [-0.2, 0) is 9.59 Å². The van der Waals surface area contributed by atoms with Gasteiger partial charge in [-0.15, -0.1) is 11.8 Å². The molecule has 24 heavy (non-hydrogen) atoms. The van der Waals surface area contributed by atoms with Crippen molar-refractivity contribution in [1.29, 1.82) is 0 Å². The molecule has 3 unspecified atom stereocenters. The lowest BCUT2D eigenvalue weighted by atomic mass is 9.67. The number of nitrogens with two attached hydrogens (primary N) is 1. The van der Waals surface area contributed by atoms with Crippen LogP contribution in [0.15, 0.2) is 0 Å². The minimum absolute atomic E-state index is 0.0370. The predicted octanol–water partition coefficient (Wildman–Crippen LogP) is 1.96. The molecule has 1 aliphatic heterocycles. The van der Waals surface area contributed by atoms with Gasteiger partial charge in [-0.25, -0.2) is 0 Å². The predicted molar refractivity (Wildman–Crippen MR) is 97.4 cm³/mol. The summed E-state index contributed by atoms with van der Waals surface area (Å²) in [6.45, 7) is 5.75. The summed E-state index contributed by atoms with van der Waals surface area (Å²) in [6.07, 6.45) is 5.62. The Hall–Kier alpha value is -0.750. The highest BCUT2D eigenvalue weighted by Gasteiger charge is 2.43. The van der Waals surface area contributed by atoms with Gasteiger partial charge in [0, 0.05) is 23.3 Å². The van der Waals surface area contributed by atoms with Gasteiger partial charge in [-0.3, -0.25) is 9.59 Å². The molecule has 3 aliphatic rings. The van der Waals surface area contributed by atoms with Gasteiger partial charge in [0.1, 0.15) is 6.04 Å². The van der Waals surface area contributed by atoms with E-state index in [2.05, 4.69) is 5.32 Å². The number of carbonyl (C=O) groups excluding carboxylic acids is 2. The van der Waals surface area contributed by atoms with Crippen LogP contribution < -0.4 is 11.1 Å². The Balaban J connectivity index is 1.67. The maximum atomic E-state index is 12.9. The highest BCUT2D eigenvalue weighted by molar-refractivity contribution is 7.99. The van der Waals surface area contributed by atoms with Crippen LogP contribution in [0.3, 0.4) is 0 Å². The van der Waals surface area contributed by atoms with Gasteiger partial charge < -0.3 is 16.0 Å². The van der Waals surface area contributed by atoms with Gasteiger partial charge in [0.15, 0.2) is 0 Å². The maximum absolute atomic E-state index is 12.9. The minimum atomic E-state index is -0.447. The first-order valence-electron chi connectivity index (χ1n) is 9.22. The Morgan fingerprint density at radius 1 is 1.17 bits per heavy atom. The van der Waals surface area contributed by atoms with E-state index in [-0.39, 0.29) is 29.9 Å². The third-order valence-electron chi connectivity index (χ3n) is 5.77. The summed E-state index contributed by atoms with van der Waals surface area (Å²) in [5.41, 5.74) is 5.73. The standard InChI is InChI=1S/C18H31N3O2S/c1-18(2,3)17(23)21-10-24-9-14(21)16(22)20-15-11-5-4-6-12(15)8-13(19)7-11/h11-15H,4-10,19H2,1-3H3,(H,20,22). The molecule has 0 aromatic rings. The first kappa shape index (κ1) is 18.1. The molecule has 2 aliphatic carbocycles. The molecule has 0 aromatic heterocycles. The number of carbonyl (C=O) groups is 2. The summed E-state index contributed by atoms with van der Waals surface area (Å²) in [4.78, 5) is 27.3. The molecule has 5 nitrogen and oxygen atoms in total. The van der Waals surface area contributed by atoms with Crippen molar-refractivity contribution >= 4 is 23.6 Å². The third kappa shape index (κ3) is 3.59. The molecule has 3 N–H and O–H groups in total. The van der Waals surface area contributed by atoms with Gasteiger partial charge in [0.25, 0.3) is 0 Å². The van der Waals surface area contributed by atoms with E-state index in [0.29, 0.717) is 23.5 Å². The molecule has 6 heteroatoms. The SMILES string of the molecule is CC(C)(C)C(=O)N1CSCC1C(=O)NC1C2CCCC1CC(N)C2. The highest BCUT2D eigenvalue weighted by Crippen LogP contribution is 2.40. The second-order valence-corrected chi connectivity index (χ2v) is 9.76. The van der Waals surface area contributed by atoms with E-state index in [1.165, 1.54) is 19.3 Å². The molecule has 0 aromatic carbocycles. The van der Waals surface area contributed by atoms with Crippen molar-refractivity contribution in [2.75, 3.05) is 11.6 Å². The van der Waals surface area contributed by atoms with Crippen LogP contribution in [0.25, 0.3) is 0 Å². The number of rotatable bonds is 2. The first-order chi connectivity index (χ1) is 11.3. The molecule has 3 atom stereocenters. The second kappa shape index (κ2) is 6.87. The number of hydrogen-bond donors (Lipinski definition) is 2. The molecular formula is C18H31N3O2S. The Bertz CT molecular complexity index is 491. The van der Waals surface area contributed by atoms with E-state index in [9.17, 15) is 9.59 Å². The molecule has 2 saturated carbocycles. The number of hydrogen-bond acceptors (Lipinski definition) is 4. The minimum Gasteiger partial charge on any atom is -0.351 e. The zero-order valence-electron chi connectivity index (χ0n) is 15.1. The van der Waals surface area contributed by atoms with Gasteiger partial charge >= 0.3 is 0 Å². The molecule has 0 spiro atoms. The average Bonchev–Trinajstić information content (AvgIpc) is 2.95. The van der Waals surface area contributed by atoms with E-state index < -0.39 is 5.41 Å². The van der Waals surface area contributed by atoms with E-state index >= 15 is 0 Å². The van der Waals surface area contributed by atoms with Gasteiger partial charge in [0.2, 0.25) is 11.8 Å². The number of nitrogens with zero attached hydrogens (tertiary/aromatic N) is 1. The maximum Gasteiger partial charge on any atom is 0.243 e. The van der Waals surface area contributed by atoms with Gasteiger partial charge in [-0.1, -0.05) is 27.2 Å². The third-order valence-corrected chi connectivity index (χ3v) is 6.79. The van der Waals surface area contributed by atoms with E-state index in [1.807, 2.05) is 20.8 Å². The number of thioether (sulfide) groups is 1. The molecule has 1 saturated heterocycles. The molecule has 3 fully saturated rings. The van der Waals surface area contributed by atoms with Gasteiger partial charge in [-0.05, 0) is 37.5 Å². The smallest absolute Gasteiger partial charge is 0.243 e. The fraction of sp³-hybridized carbons (Fsp3) is 0.889. The lowest BCUT2D eigenvalue weighted by Gasteiger charge is -2.45. The molecule has 3 rings (SSSR count). The Kier molecular flexibility index (Phi) is 5.17. The van der Waals surface area contributed by atoms with Crippen LogP contribution in [0.5, 0.6) is 0 Å². The van der Waals surface area contributed by atoms with Crippen molar-refractivity contribution in [2.24, 2.45) is 23.0 Å². The summed E-state index contributed by atoms with van der Waals surface area (Å²) in [5, 5.41) is 3.32. The quantitative estimate of drug-likeness (QED) is 0.796. The van der Waals surface area contributed by atoms with Crippen LogP contribution in [0.1, 0.15) is 52.9 Å². The number of fused-ring (bicyclic) bond motifs is 2. The van der Waals surface area contributed by atoms with Crippen molar-refractivity contribution in [2.45, 2.75) is 71.0 Å². The normalized spacial score (nSPS) is 36.5. The van der Waals surface area contributed by atoms with Gasteiger partial charge in [-0.2, -0.15) is 0 Å². The molecule has 1 heterocycles. The molecule has 136 valence electrons. The van der Waals surface area contributed by atoms with Crippen molar-refractivity contribution in [3.8, 4) is 0 Å². The topological polar surface area (TPSA) is 75.4 Å². The van der Waals surface area contributed by atoms with Crippen molar-refractivity contribution in [1.82, 2.24) is 10.2 Å². The van der Waals surface area contributed by atoms with Crippen LogP contribution in [0.4, 0.5) is 0 Å². The van der Waals surface area contributed by atoms with Crippen molar-refractivity contribution in [3.05, 3.63) is 0 Å². The average molecular weight is 354 g/mol.